The van der Waals surface area contributed by atoms with E-state index in [0.29, 0.717) is 27.5 Å². The van der Waals surface area contributed by atoms with Gasteiger partial charge < -0.3 is 10.1 Å². The maximum atomic E-state index is 12.8. The van der Waals surface area contributed by atoms with Gasteiger partial charge in [-0.3, -0.25) is 14.2 Å². The number of hydrogen-bond donors (Lipinski definition) is 1. The number of para-hydroxylation sites is 1. The SMILES string of the molecule is COc1ccc(NC(=O)Cn2cnc3c(cnn3-c3ccccc3C)c2=O)cc1Cl. The van der Waals surface area contributed by atoms with E-state index in [1.807, 2.05) is 31.2 Å². The quantitative estimate of drug-likeness (QED) is 0.532. The van der Waals surface area contributed by atoms with Crippen molar-refractivity contribution < 1.29 is 9.53 Å². The smallest absolute Gasteiger partial charge is 0.264 e. The molecule has 2 aromatic heterocycles. The molecule has 4 rings (SSSR count). The summed E-state index contributed by atoms with van der Waals surface area (Å²) < 4.78 is 7.96. The fraction of sp³-hybridized carbons (Fsp3) is 0.143. The molecule has 0 spiro atoms. The van der Waals surface area contributed by atoms with E-state index in [1.54, 1.807) is 22.9 Å². The van der Waals surface area contributed by atoms with Crippen LogP contribution < -0.4 is 15.6 Å². The molecule has 30 heavy (non-hydrogen) atoms. The molecule has 152 valence electrons. The molecule has 0 saturated carbocycles. The van der Waals surface area contributed by atoms with E-state index < -0.39 is 0 Å². The molecule has 2 aromatic carbocycles. The molecule has 8 nitrogen and oxygen atoms in total. The molecule has 1 N–H and O–H groups in total. The van der Waals surface area contributed by atoms with Crippen LogP contribution in [0.25, 0.3) is 16.7 Å². The minimum absolute atomic E-state index is 0.193. The monoisotopic (exact) mass is 423 g/mol. The number of benzene rings is 2. The lowest BCUT2D eigenvalue weighted by Gasteiger charge is -2.10. The standard InChI is InChI=1S/C21H18ClN5O3/c1-13-5-3-4-6-17(13)27-20-15(10-24-27)21(29)26(12-23-20)11-19(28)25-14-7-8-18(30-2)16(22)9-14/h3-10,12H,11H2,1-2H3,(H,25,28). The van der Waals surface area contributed by atoms with Crippen molar-refractivity contribution in [1.82, 2.24) is 19.3 Å². The molecule has 1 amide bonds. The first kappa shape index (κ1) is 19.7. The van der Waals surface area contributed by atoms with E-state index in [0.717, 1.165) is 11.3 Å². The molecular weight excluding hydrogens is 406 g/mol. The van der Waals surface area contributed by atoms with Gasteiger partial charge in [0, 0.05) is 5.69 Å². The van der Waals surface area contributed by atoms with Gasteiger partial charge in [-0.15, -0.1) is 0 Å². The van der Waals surface area contributed by atoms with Crippen LogP contribution in [-0.2, 0) is 11.3 Å². The fourth-order valence-corrected chi connectivity index (χ4v) is 3.40. The van der Waals surface area contributed by atoms with Gasteiger partial charge in [-0.1, -0.05) is 29.8 Å². The summed E-state index contributed by atoms with van der Waals surface area (Å²) in [6.45, 7) is 1.76. The third kappa shape index (κ3) is 3.65. The molecule has 0 aliphatic rings. The number of aromatic nitrogens is 4. The number of anilines is 1. The number of aryl methyl sites for hydroxylation is 1. The Hall–Kier alpha value is -3.65. The van der Waals surface area contributed by atoms with Gasteiger partial charge in [0.25, 0.3) is 5.56 Å². The summed E-state index contributed by atoms with van der Waals surface area (Å²) in [5.41, 5.74) is 2.44. The Kier molecular flexibility index (Phi) is 5.24. The Morgan fingerprint density at radius 3 is 2.77 bits per heavy atom. The van der Waals surface area contributed by atoms with E-state index in [2.05, 4.69) is 15.4 Å². The van der Waals surface area contributed by atoms with E-state index in [1.165, 1.54) is 24.2 Å². The highest BCUT2D eigenvalue weighted by Crippen LogP contribution is 2.27. The summed E-state index contributed by atoms with van der Waals surface area (Å²) in [4.78, 5) is 29.6. The normalized spacial score (nSPS) is 10.9. The molecule has 0 fully saturated rings. The second kappa shape index (κ2) is 8.00. The largest absolute Gasteiger partial charge is 0.495 e. The first-order chi connectivity index (χ1) is 14.5. The first-order valence-corrected chi connectivity index (χ1v) is 9.48. The second-order valence-corrected chi connectivity index (χ2v) is 7.06. The topological polar surface area (TPSA) is 91.0 Å². The lowest BCUT2D eigenvalue weighted by Crippen LogP contribution is -2.27. The zero-order chi connectivity index (χ0) is 21.3. The van der Waals surface area contributed by atoms with Gasteiger partial charge in [-0.2, -0.15) is 5.10 Å². The number of rotatable bonds is 5. The summed E-state index contributed by atoms with van der Waals surface area (Å²) in [6.07, 6.45) is 2.82. The van der Waals surface area contributed by atoms with E-state index in [4.69, 9.17) is 16.3 Å². The van der Waals surface area contributed by atoms with Crippen LogP contribution in [0.15, 0.2) is 59.8 Å². The Morgan fingerprint density at radius 2 is 2.03 bits per heavy atom. The van der Waals surface area contributed by atoms with Crippen LogP contribution in [0.3, 0.4) is 0 Å². The van der Waals surface area contributed by atoms with Crippen LogP contribution in [0.2, 0.25) is 5.02 Å². The molecule has 0 saturated heterocycles. The molecule has 0 aliphatic carbocycles. The third-order valence-corrected chi connectivity index (χ3v) is 4.94. The van der Waals surface area contributed by atoms with Crippen molar-refractivity contribution in [2.45, 2.75) is 13.5 Å². The zero-order valence-corrected chi connectivity index (χ0v) is 17.1. The summed E-state index contributed by atoms with van der Waals surface area (Å²) in [5.74, 6) is 0.122. The predicted molar refractivity (Wildman–Crippen MR) is 114 cm³/mol. The highest BCUT2D eigenvalue weighted by molar-refractivity contribution is 6.32. The number of hydrogen-bond acceptors (Lipinski definition) is 5. The van der Waals surface area contributed by atoms with Crippen LogP contribution >= 0.6 is 11.6 Å². The third-order valence-electron chi connectivity index (χ3n) is 4.65. The number of ether oxygens (including phenoxy) is 1. The first-order valence-electron chi connectivity index (χ1n) is 9.10. The average molecular weight is 424 g/mol. The second-order valence-electron chi connectivity index (χ2n) is 6.66. The maximum absolute atomic E-state index is 12.8. The Morgan fingerprint density at radius 1 is 1.23 bits per heavy atom. The number of nitrogens with one attached hydrogen (secondary N) is 1. The molecule has 4 aromatic rings. The number of fused-ring (bicyclic) bond motifs is 1. The lowest BCUT2D eigenvalue weighted by atomic mass is 10.2. The fourth-order valence-electron chi connectivity index (χ4n) is 3.14. The lowest BCUT2D eigenvalue weighted by molar-refractivity contribution is -0.116. The van der Waals surface area contributed by atoms with Crippen molar-refractivity contribution in [2.75, 3.05) is 12.4 Å². The van der Waals surface area contributed by atoms with Crippen molar-refractivity contribution in [1.29, 1.82) is 0 Å². The molecule has 9 heteroatoms. The van der Waals surface area contributed by atoms with Crippen molar-refractivity contribution >= 4 is 34.2 Å². The summed E-state index contributed by atoms with van der Waals surface area (Å²) in [5, 5.41) is 7.73. The van der Waals surface area contributed by atoms with Crippen LogP contribution in [0, 0.1) is 6.92 Å². The van der Waals surface area contributed by atoms with Crippen LogP contribution in [0.1, 0.15) is 5.56 Å². The van der Waals surface area contributed by atoms with Crippen molar-refractivity contribution in [3.8, 4) is 11.4 Å². The summed E-state index contributed by atoms with van der Waals surface area (Å²) in [6, 6.07) is 12.6. The summed E-state index contributed by atoms with van der Waals surface area (Å²) in [7, 11) is 1.51. The molecule has 0 atom stereocenters. The molecule has 2 heterocycles. The van der Waals surface area contributed by atoms with Gasteiger partial charge >= 0.3 is 0 Å². The molecule has 0 bridgehead atoms. The average Bonchev–Trinajstić information content (AvgIpc) is 3.15. The van der Waals surface area contributed by atoms with Gasteiger partial charge in [0.15, 0.2) is 5.65 Å². The number of carbonyl (C=O) groups excluding carboxylic acids is 1. The minimum Gasteiger partial charge on any atom is -0.495 e. The van der Waals surface area contributed by atoms with Crippen molar-refractivity contribution in [3.63, 3.8) is 0 Å². The number of amides is 1. The molecule has 0 aliphatic heterocycles. The van der Waals surface area contributed by atoms with E-state index in [-0.39, 0.29) is 18.0 Å². The molecule has 0 radical (unpaired) electrons. The van der Waals surface area contributed by atoms with Crippen LogP contribution in [0.5, 0.6) is 5.75 Å². The zero-order valence-electron chi connectivity index (χ0n) is 16.3. The number of carbonyl (C=O) groups is 1. The van der Waals surface area contributed by atoms with E-state index >= 15 is 0 Å². The highest BCUT2D eigenvalue weighted by Gasteiger charge is 2.14. The Labute approximate surface area is 176 Å². The molecule has 0 unspecified atom stereocenters. The number of nitrogens with zero attached hydrogens (tertiary/aromatic N) is 4. The van der Waals surface area contributed by atoms with Crippen LogP contribution in [-0.4, -0.2) is 32.3 Å². The Balaban J connectivity index is 1.59. The maximum Gasteiger partial charge on any atom is 0.264 e. The number of halogens is 1. The van der Waals surface area contributed by atoms with Gasteiger partial charge in [0.2, 0.25) is 5.91 Å². The highest BCUT2D eigenvalue weighted by atomic mass is 35.5. The van der Waals surface area contributed by atoms with Gasteiger partial charge in [0.1, 0.15) is 24.0 Å². The van der Waals surface area contributed by atoms with E-state index in [9.17, 15) is 9.59 Å². The van der Waals surface area contributed by atoms with Crippen molar-refractivity contribution in [3.05, 3.63) is 75.9 Å². The van der Waals surface area contributed by atoms with Gasteiger partial charge in [-0.05, 0) is 36.8 Å². The van der Waals surface area contributed by atoms with Gasteiger partial charge in [-0.25, -0.2) is 9.67 Å². The summed E-state index contributed by atoms with van der Waals surface area (Å²) >= 11 is 6.08. The Bertz CT molecular complexity index is 1310. The number of methoxy groups -OCH3 is 1. The predicted octanol–water partition coefficient (Wildman–Crippen LogP) is 3.19. The van der Waals surface area contributed by atoms with Crippen LogP contribution in [0.4, 0.5) is 5.69 Å². The van der Waals surface area contributed by atoms with Gasteiger partial charge in [0.05, 0.1) is 24.0 Å². The molecular formula is C21H18ClN5O3. The minimum atomic E-state index is -0.384. The van der Waals surface area contributed by atoms with Crippen molar-refractivity contribution in [2.24, 2.45) is 0 Å².